The van der Waals surface area contributed by atoms with Gasteiger partial charge in [-0.15, -0.1) is 0 Å². The maximum absolute atomic E-state index is 12.4. The van der Waals surface area contributed by atoms with Gasteiger partial charge in [-0.2, -0.15) is 0 Å². The average Bonchev–Trinajstić information content (AvgIpc) is 3.23. The van der Waals surface area contributed by atoms with E-state index in [1.807, 2.05) is 0 Å². The molecule has 0 aromatic rings. The molecule has 2 aliphatic rings. The van der Waals surface area contributed by atoms with Crippen molar-refractivity contribution >= 4 is 5.97 Å². The fourth-order valence-corrected chi connectivity index (χ4v) is 3.77. The molecule has 0 amide bonds. The minimum atomic E-state index is -0.518. The van der Waals surface area contributed by atoms with Crippen LogP contribution in [0, 0.1) is 5.92 Å². The molecule has 2 rings (SSSR count). The summed E-state index contributed by atoms with van der Waals surface area (Å²) in [7, 11) is 5.83. The minimum absolute atomic E-state index is 0.0986. The molecule has 1 aliphatic heterocycles. The highest BCUT2D eigenvalue weighted by molar-refractivity contribution is 5.82. The normalized spacial score (nSPS) is 26.0. The van der Waals surface area contributed by atoms with Gasteiger partial charge in [0.25, 0.3) is 0 Å². The van der Waals surface area contributed by atoms with Gasteiger partial charge in [-0.3, -0.25) is 0 Å². The van der Waals surface area contributed by atoms with Gasteiger partial charge < -0.3 is 19.9 Å². The molecule has 1 saturated carbocycles. The Balaban J connectivity index is 2.01. The molecule has 1 N–H and O–H groups in total. The summed E-state index contributed by atoms with van der Waals surface area (Å²) in [5.41, 5.74) is -0.518. The highest BCUT2D eigenvalue weighted by atomic mass is 16.5. The molecule has 1 heterocycles. The summed E-state index contributed by atoms with van der Waals surface area (Å²) in [4.78, 5) is 17.2. The fourth-order valence-electron chi connectivity index (χ4n) is 3.77. The van der Waals surface area contributed by atoms with E-state index in [0.717, 1.165) is 32.5 Å². The lowest BCUT2D eigenvalue weighted by atomic mass is 9.92. The van der Waals surface area contributed by atoms with Crippen molar-refractivity contribution < 1.29 is 9.53 Å². The van der Waals surface area contributed by atoms with E-state index in [0.29, 0.717) is 12.0 Å². The van der Waals surface area contributed by atoms with Crippen LogP contribution in [0.3, 0.4) is 0 Å². The largest absolute Gasteiger partial charge is 0.468 e. The molecule has 0 radical (unpaired) electrons. The van der Waals surface area contributed by atoms with E-state index in [-0.39, 0.29) is 5.97 Å². The van der Waals surface area contributed by atoms with Gasteiger partial charge in [0.15, 0.2) is 0 Å². The van der Waals surface area contributed by atoms with Crippen LogP contribution in [0.5, 0.6) is 0 Å². The van der Waals surface area contributed by atoms with Gasteiger partial charge in [-0.25, -0.2) is 4.79 Å². The lowest BCUT2D eigenvalue weighted by Crippen LogP contribution is -2.61. The monoisotopic (exact) mass is 297 g/mol. The second-order valence-electron chi connectivity index (χ2n) is 6.74. The van der Waals surface area contributed by atoms with Crippen molar-refractivity contribution in [3.8, 4) is 0 Å². The third-order valence-electron chi connectivity index (χ3n) is 5.03. The maximum Gasteiger partial charge on any atom is 0.327 e. The third-order valence-corrected chi connectivity index (χ3v) is 5.03. The Hall–Kier alpha value is -0.650. The van der Waals surface area contributed by atoms with Crippen molar-refractivity contribution in [2.45, 2.75) is 44.2 Å². The number of carbonyl (C=O) groups is 1. The van der Waals surface area contributed by atoms with Crippen LogP contribution in [0.25, 0.3) is 0 Å². The highest BCUT2D eigenvalue weighted by Crippen LogP contribution is 2.41. The van der Waals surface area contributed by atoms with E-state index in [1.165, 1.54) is 26.5 Å². The quantitative estimate of drug-likeness (QED) is 0.676. The zero-order chi connectivity index (χ0) is 15.5. The van der Waals surface area contributed by atoms with Crippen LogP contribution in [0.15, 0.2) is 0 Å². The van der Waals surface area contributed by atoms with E-state index in [4.69, 9.17) is 4.74 Å². The van der Waals surface area contributed by atoms with Crippen molar-refractivity contribution in [1.82, 2.24) is 15.1 Å². The summed E-state index contributed by atoms with van der Waals surface area (Å²) in [5, 5.41) is 3.45. The van der Waals surface area contributed by atoms with Crippen molar-refractivity contribution in [3.63, 3.8) is 0 Å². The van der Waals surface area contributed by atoms with Gasteiger partial charge in [-0.1, -0.05) is 6.92 Å². The number of methoxy groups -OCH3 is 1. The first-order valence-corrected chi connectivity index (χ1v) is 8.25. The maximum atomic E-state index is 12.4. The van der Waals surface area contributed by atoms with Gasteiger partial charge in [-0.05, 0) is 58.8 Å². The zero-order valence-electron chi connectivity index (χ0n) is 14.0. The third kappa shape index (κ3) is 3.76. The first kappa shape index (κ1) is 16.7. The standard InChI is InChI=1S/C16H31N3O2/c1-5-17-16(13-8-9-13,15(20)21-4)12-18(2)11-14-7-6-10-19(14)3/h13-14,17H,5-12H2,1-4H3. The van der Waals surface area contributed by atoms with Crippen molar-refractivity contribution in [2.75, 3.05) is 47.4 Å². The molecule has 2 unspecified atom stereocenters. The van der Waals surface area contributed by atoms with E-state index >= 15 is 0 Å². The van der Waals surface area contributed by atoms with Gasteiger partial charge in [0.1, 0.15) is 5.54 Å². The molecule has 2 fully saturated rings. The molecular formula is C16H31N3O2. The molecule has 5 nitrogen and oxygen atoms in total. The summed E-state index contributed by atoms with van der Waals surface area (Å²) in [6, 6.07) is 0.617. The molecule has 122 valence electrons. The molecular weight excluding hydrogens is 266 g/mol. The van der Waals surface area contributed by atoms with Gasteiger partial charge in [0, 0.05) is 19.1 Å². The number of likely N-dealkylation sites (N-methyl/N-ethyl adjacent to an activating group) is 3. The predicted molar refractivity (Wildman–Crippen MR) is 84.3 cm³/mol. The van der Waals surface area contributed by atoms with E-state index in [9.17, 15) is 4.79 Å². The summed E-state index contributed by atoms with van der Waals surface area (Å²) >= 11 is 0. The SMILES string of the molecule is CCNC(CN(C)CC1CCCN1C)(C(=O)OC)C1CC1. The first-order valence-electron chi connectivity index (χ1n) is 8.25. The van der Waals surface area contributed by atoms with Gasteiger partial charge in [0.05, 0.1) is 7.11 Å². The molecule has 0 aromatic heterocycles. The number of hydrogen-bond acceptors (Lipinski definition) is 5. The predicted octanol–water partition coefficient (Wildman–Crippen LogP) is 0.944. The molecule has 0 aromatic carbocycles. The number of hydrogen-bond donors (Lipinski definition) is 1. The van der Waals surface area contributed by atoms with Crippen LogP contribution in [0.1, 0.15) is 32.6 Å². The van der Waals surface area contributed by atoms with Crippen LogP contribution in [-0.4, -0.2) is 74.7 Å². The minimum Gasteiger partial charge on any atom is -0.468 e. The lowest BCUT2D eigenvalue weighted by Gasteiger charge is -2.37. The summed E-state index contributed by atoms with van der Waals surface area (Å²) in [6.45, 7) is 5.81. The summed E-state index contributed by atoms with van der Waals surface area (Å²) in [5.74, 6) is 0.326. The van der Waals surface area contributed by atoms with E-state index in [1.54, 1.807) is 0 Å². The van der Waals surface area contributed by atoms with E-state index < -0.39 is 5.54 Å². The Bertz CT molecular complexity index is 359. The molecule has 21 heavy (non-hydrogen) atoms. The molecule has 1 saturated heterocycles. The molecule has 5 heteroatoms. The Labute approximate surface area is 129 Å². The second-order valence-corrected chi connectivity index (χ2v) is 6.74. The number of ether oxygens (including phenoxy) is 1. The van der Waals surface area contributed by atoms with E-state index in [2.05, 4.69) is 36.1 Å². The lowest BCUT2D eigenvalue weighted by molar-refractivity contribution is -0.150. The van der Waals surface area contributed by atoms with Crippen LogP contribution < -0.4 is 5.32 Å². The first-order chi connectivity index (χ1) is 10.0. The van der Waals surface area contributed by atoms with Crippen molar-refractivity contribution in [2.24, 2.45) is 5.92 Å². The van der Waals surface area contributed by atoms with Gasteiger partial charge in [0.2, 0.25) is 0 Å². The van der Waals surface area contributed by atoms with Crippen molar-refractivity contribution in [3.05, 3.63) is 0 Å². The number of likely N-dealkylation sites (tertiary alicyclic amines) is 1. The number of rotatable bonds is 8. The van der Waals surface area contributed by atoms with Gasteiger partial charge >= 0.3 is 5.97 Å². The molecule has 1 aliphatic carbocycles. The summed E-state index contributed by atoms with van der Waals surface area (Å²) in [6.07, 6.45) is 4.79. The van der Waals surface area contributed by atoms with Crippen LogP contribution in [0.4, 0.5) is 0 Å². The number of carbonyl (C=O) groups excluding carboxylic acids is 1. The fraction of sp³-hybridized carbons (Fsp3) is 0.938. The number of nitrogens with one attached hydrogen (secondary N) is 1. The smallest absolute Gasteiger partial charge is 0.327 e. The second kappa shape index (κ2) is 7.07. The Morgan fingerprint density at radius 1 is 1.43 bits per heavy atom. The Kier molecular flexibility index (Phi) is 5.63. The van der Waals surface area contributed by atoms with Crippen molar-refractivity contribution in [1.29, 1.82) is 0 Å². The highest BCUT2D eigenvalue weighted by Gasteiger charge is 2.52. The average molecular weight is 297 g/mol. The molecule has 2 atom stereocenters. The number of nitrogens with zero attached hydrogens (tertiary/aromatic N) is 2. The Morgan fingerprint density at radius 2 is 2.14 bits per heavy atom. The van der Waals surface area contributed by atoms with Crippen LogP contribution in [-0.2, 0) is 9.53 Å². The summed E-state index contributed by atoms with van der Waals surface area (Å²) < 4.78 is 5.12. The Morgan fingerprint density at radius 3 is 2.62 bits per heavy atom. The molecule has 0 bridgehead atoms. The number of esters is 1. The van der Waals surface area contributed by atoms with Crippen LogP contribution in [0.2, 0.25) is 0 Å². The zero-order valence-corrected chi connectivity index (χ0v) is 14.0. The molecule has 0 spiro atoms. The topological polar surface area (TPSA) is 44.8 Å². The van der Waals surface area contributed by atoms with Crippen LogP contribution >= 0.6 is 0 Å².